The van der Waals surface area contributed by atoms with E-state index >= 15 is 0 Å². The fourth-order valence-corrected chi connectivity index (χ4v) is 6.09. The minimum absolute atomic E-state index is 0.603. The van der Waals surface area contributed by atoms with Gasteiger partial charge in [-0.2, -0.15) is 0 Å². The molecule has 0 saturated carbocycles. The molecule has 4 heterocycles. The van der Waals surface area contributed by atoms with E-state index in [0.717, 1.165) is 28.3 Å². The molecule has 0 bridgehead atoms. The number of thiophene rings is 1. The van der Waals surface area contributed by atoms with Gasteiger partial charge in [0.1, 0.15) is 4.83 Å². The number of nitrogens with one attached hydrogen (secondary N) is 1. The predicted molar refractivity (Wildman–Crippen MR) is 117 cm³/mol. The second-order valence-corrected chi connectivity index (χ2v) is 9.10. The Kier molecular flexibility index (Phi) is 4.34. The fraction of sp³-hybridized carbons (Fsp3) is 0.333. The van der Waals surface area contributed by atoms with Gasteiger partial charge in [0, 0.05) is 34.1 Å². The average Bonchev–Trinajstić information content (AvgIpc) is 3.39. The average molecular weight is 395 g/mol. The summed E-state index contributed by atoms with van der Waals surface area (Å²) in [6.45, 7) is 6.95. The highest BCUT2D eigenvalue weighted by Crippen LogP contribution is 2.41. The van der Waals surface area contributed by atoms with Gasteiger partial charge < -0.3 is 10.2 Å². The number of hydrogen-bond donors (Lipinski definition) is 1. The molecule has 2 atom stereocenters. The van der Waals surface area contributed by atoms with Crippen LogP contribution in [0.2, 0.25) is 0 Å². The lowest BCUT2D eigenvalue weighted by molar-refractivity contribution is 0.274. The SMILES string of the molecule is CCN1CC[C@@H](c2cc3c(Nc4ccc5scnc5c4)ccnc3s2)[C@H]1C. The Morgan fingerprint density at radius 1 is 1.22 bits per heavy atom. The van der Waals surface area contributed by atoms with Gasteiger partial charge in [-0.25, -0.2) is 9.97 Å². The molecule has 0 spiro atoms. The van der Waals surface area contributed by atoms with Crippen molar-refractivity contribution in [3.63, 3.8) is 0 Å². The van der Waals surface area contributed by atoms with Crippen LogP contribution in [-0.2, 0) is 0 Å². The highest BCUT2D eigenvalue weighted by Gasteiger charge is 2.32. The van der Waals surface area contributed by atoms with Crippen molar-refractivity contribution in [3.05, 3.63) is 46.9 Å². The lowest BCUT2D eigenvalue weighted by Crippen LogP contribution is -2.28. The van der Waals surface area contributed by atoms with Crippen molar-refractivity contribution in [2.24, 2.45) is 0 Å². The summed E-state index contributed by atoms with van der Waals surface area (Å²) < 4.78 is 1.22. The summed E-state index contributed by atoms with van der Waals surface area (Å²) >= 11 is 3.52. The predicted octanol–water partition coefficient (Wildman–Crippen LogP) is 5.85. The molecule has 0 aliphatic carbocycles. The number of pyridine rings is 1. The second kappa shape index (κ2) is 6.86. The monoisotopic (exact) mass is 394 g/mol. The summed E-state index contributed by atoms with van der Waals surface area (Å²) in [5, 5.41) is 4.81. The Bertz CT molecular complexity index is 1100. The molecule has 3 aromatic heterocycles. The minimum Gasteiger partial charge on any atom is -0.355 e. The number of thiazole rings is 1. The van der Waals surface area contributed by atoms with Gasteiger partial charge in [0.25, 0.3) is 0 Å². The summed E-state index contributed by atoms with van der Waals surface area (Å²) in [5.41, 5.74) is 5.13. The van der Waals surface area contributed by atoms with Gasteiger partial charge in [-0.1, -0.05) is 6.92 Å². The van der Waals surface area contributed by atoms with E-state index in [0.29, 0.717) is 12.0 Å². The molecule has 1 aliphatic rings. The van der Waals surface area contributed by atoms with Crippen LogP contribution in [0.3, 0.4) is 0 Å². The first-order chi connectivity index (χ1) is 13.2. The Morgan fingerprint density at radius 3 is 3.00 bits per heavy atom. The zero-order valence-electron chi connectivity index (χ0n) is 15.5. The zero-order valence-corrected chi connectivity index (χ0v) is 17.1. The van der Waals surface area contributed by atoms with Crippen LogP contribution in [0.4, 0.5) is 11.4 Å². The van der Waals surface area contributed by atoms with Crippen LogP contribution in [0, 0.1) is 0 Å². The van der Waals surface area contributed by atoms with E-state index in [9.17, 15) is 0 Å². The summed E-state index contributed by atoms with van der Waals surface area (Å²) in [7, 11) is 0. The molecule has 0 unspecified atom stereocenters. The molecule has 1 saturated heterocycles. The number of nitrogens with zero attached hydrogens (tertiary/aromatic N) is 3. The van der Waals surface area contributed by atoms with Crippen LogP contribution in [0.25, 0.3) is 20.4 Å². The van der Waals surface area contributed by atoms with E-state index in [1.807, 2.05) is 23.0 Å². The zero-order chi connectivity index (χ0) is 18.4. The van der Waals surface area contributed by atoms with E-state index in [4.69, 9.17) is 0 Å². The molecule has 6 heteroatoms. The summed E-state index contributed by atoms with van der Waals surface area (Å²) in [5.74, 6) is 0.614. The number of aromatic nitrogens is 2. The molecule has 0 amide bonds. The third-order valence-corrected chi connectivity index (χ3v) is 7.71. The summed E-state index contributed by atoms with van der Waals surface area (Å²) in [6, 6.07) is 11.4. The van der Waals surface area contributed by atoms with Crippen LogP contribution in [0.1, 0.15) is 31.1 Å². The minimum atomic E-state index is 0.603. The molecule has 1 fully saturated rings. The van der Waals surface area contributed by atoms with Gasteiger partial charge in [0.15, 0.2) is 0 Å². The number of hydrogen-bond acceptors (Lipinski definition) is 6. The third kappa shape index (κ3) is 3.02. The quantitative estimate of drug-likeness (QED) is 0.471. The normalized spacial score (nSPS) is 20.7. The third-order valence-electron chi connectivity index (χ3n) is 5.72. The Labute approximate surface area is 166 Å². The molecule has 1 N–H and O–H groups in total. The van der Waals surface area contributed by atoms with Crippen molar-refractivity contribution in [2.75, 3.05) is 18.4 Å². The van der Waals surface area contributed by atoms with Gasteiger partial charge in [-0.05, 0) is 56.8 Å². The molecular formula is C21H22N4S2. The number of likely N-dealkylation sites (N-methyl/N-ethyl adjacent to an activating group) is 1. The Hall–Kier alpha value is -2.02. The van der Waals surface area contributed by atoms with Crippen molar-refractivity contribution < 1.29 is 0 Å². The lowest BCUT2D eigenvalue weighted by atomic mass is 9.99. The second-order valence-electron chi connectivity index (χ2n) is 7.15. The van der Waals surface area contributed by atoms with Crippen LogP contribution >= 0.6 is 22.7 Å². The molecule has 5 rings (SSSR count). The first kappa shape index (κ1) is 17.1. The lowest BCUT2D eigenvalue weighted by Gasteiger charge is -2.22. The van der Waals surface area contributed by atoms with Crippen molar-refractivity contribution in [1.82, 2.24) is 14.9 Å². The van der Waals surface area contributed by atoms with Crippen molar-refractivity contribution in [1.29, 1.82) is 0 Å². The molecule has 138 valence electrons. The maximum absolute atomic E-state index is 4.64. The number of rotatable bonds is 4. The standard InChI is InChI=1S/C21H22N4S2/c1-3-25-9-7-15(13(25)2)20-11-16-17(6-8-22-21(16)27-20)24-14-4-5-19-18(10-14)23-12-26-19/h4-6,8,10-13,15H,3,7,9H2,1-2H3,(H,22,24)/t13-,15-/m1/s1. The van der Waals surface area contributed by atoms with Gasteiger partial charge in [-0.15, -0.1) is 22.7 Å². The Balaban J connectivity index is 1.49. The number of likely N-dealkylation sites (tertiary alicyclic amines) is 1. The van der Waals surface area contributed by atoms with Gasteiger partial charge >= 0.3 is 0 Å². The van der Waals surface area contributed by atoms with E-state index in [2.05, 4.69) is 64.4 Å². The van der Waals surface area contributed by atoms with E-state index < -0.39 is 0 Å². The number of anilines is 2. The van der Waals surface area contributed by atoms with Crippen LogP contribution < -0.4 is 5.32 Å². The van der Waals surface area contributed by atoms with E-state index in [1.165, 1.54) is 27.9 Å². The smallest absolute Gasteiger partial charge is 0.125 e. The largest absolute Gasteiger partial charge is 0.355 e. The maximum atomic E-state index is 4.64. The molecule has 0 radical (unpaired) electrons. The molecule has 1 aliphatic heterocycles. The Morgan fingerprint density at radius 2 is 2.15 bits per heavy atom. The van der Waals surface area contributed by atoms with E-state index in [1.54, 1.807) is 11.3 Å². The van der Waals surface area contributed by atoms with Gasteiger partial charge in [-0.3, -0.25) is 0 Å². The molecule has 27 heavy (non-hydrogen) atoms. The topological polar surface area (TPSA) is 41.0 Å². The summed E-state index contributed by atoms with van der Waals surface area (Å²) in [6.07, 6.45) is 3.15. The van der Waals surface area contributed by atoms with Crippen molar-refractivity contribution >= 4 is 54.5 Å². The number of fused-ring (bicyclic) bond motifs is 2. The number of benzene rings is 1. The van der Waals surface area contributed by atoms with Gasteiger partial charge in [0.2, 0.25) is 0 Å². The molecule has 4 aromatic rings. The maximum Gasteiger partial charge on any atom is 0.125 e. The van der Waals surface area contributed by atoms with Crippen LogP contribution in [0.5, 0.6) is 0 Å². The molecule has 4 nitrogen and oxygen atoms in total. The molecule has 1 aromatic carbocycles. The van der Waals surface area contributed by atoms with Gasteiger partial charge in [0.05, 0.1) is 21.4 Å². The van der Waals surface area contributed by atoms with Crippen LogP contribution in [0.15, 0.2) is 42.0 Å². The van der Waals surface area contributed by atoms with Crippen molar-refractivity contribution in [3.8, 4) is 0 Å². The summed E-state index contributed by atoms with van der Waals surface area (Å²) in [4.78, 5) is 14.2. The molecular weight excluding hydrogens is 372 g/mol. The van der Waals surface area contributed by atoms with E-state index in [-0.39, 0.29) is 0 Å². The first-order valence-corrected chi connectivity index (χ1v) is 11.2. The highest BCUT2D eigenvalue weighted by molar-refractivity contribution is 7.18. The fourth-order valence-electron chi connectivity index (χ4n) is 4.17. The van der Waals surface area contributed by atoms with Crippen molar-refractivity contribution in [2.45, 2.75) is 32.2 Å². The highest BCUT2D eigenvalue weighted by atomic mass is 32.1. The first-order valence-electron chi connectivity index (χ1n) is 9.45. The van der Waals surface area contributed by atoms with Crippen LogP contribution in [-0.4, -0.2) is 34.0 Å².